The second-order valence-corrected chi connectivity index (χ2v) is 3.45. The monoisotopic (exact) mass is 233 g/mol. The standard InChI is InChI=1S/C12H11NO4/c1-16-12(15)10-7-11(14)13(17-10)8-9-5-3-2-4-6-9/h2-7H,8H2,1H3. The van der Waals surface area contributed by atoms with Crippen molar-refractivity contribution in [2.75, 3.05) is 7.11 Å². The van der Waals surface area contributed by atoms with Crippen LogP contribution in [0, 0.1) is 0 Å². The highest BCUT2D eigenvalue weighted by Crippen LogP contribution is 2.03. The first-order valence-corrected chi connectivity index (χ1v) is 5.04. The summed E-state index contributed by atoms with van der Waals surface area (Å²) in [5.74, 6) is -0.748. The average Bonchev–Trinajstić information content (AvgIpc) is 2.71. The molecule has 0 atom stereocenters. The zero-order chi connectivity index (χ0) is 12.3. The number of ether oxygens (including phenoxy) is 1. The van der Waals surface area contributed by atoms with Crippen molar-refractivity contribution in [1.29, 1.82) is 0 Å². The fourth-order valence-corrected chi connectivity index (χ4v) is 1.43. The van der Waals surface area contributed by atoms with E-state index >= 15 is 0 Å². The Labute approximate surface area is 97.2 Å². The van der Waals surface area contributed by atoms with Gasteiger partial charge in [-0.2, -0.15) is 4.74 Å². The lowest BCUT2D eigenvalue weighted by Crippen LogP contribution is -2.13. The minimum atomic E-state index is -0.658. The third-order valence-electron chi connectivity index (χ3n) is 2.26. The van der Waals surface area contributed by atoms with Gasteiger partial charge in [0.25, 0.3) is 5.56 Å². The highest BCUT2D eigenvalue weighted by Gasteiger charge is 2.14. The summed E-state index contributed by atoms with van der Waals surface area (Å²) in [6.45, 7) is 0.288. The summed E-state index contributed by atoms with van der Waals surface area (Å²) < 4.78 is 10.7. The smallest absolute Gasteiger partial charge is 0.376 e. The number of hydrogen-bond donors (Lipinski definition) is 0. The van der Waals surface area contributed by atoms with Crippen LogP contribution < -0.4 is 5.56 Å². The summed E-state index contributed by atoms with van der Waals surface area (Å²) in [4.78, 5) is 22.7. The molecule has 0 aliphatic rings. The van der Waals surface area contributed by atoms with Gasteiger partial charge in [0.2, 0.25) is 5.76 Å². The maximum Gasteiger partial charge on any atom is 0.376 e. The molecule has 0 bridgehead atoms. The zero-order valence-corrected chi connectivity index (χ0v) is 9.25. The molecule has 0 saturated heterocycles. The Morgan fingerprint density at radius 1 is 1.35 bits per heavy atom. The predicted molar refractivity (Wildman–Crippen MR) is 59.9 cm³/mol. The van der Waals surface area contributed by atoms with Crippen LogP contribution >= 0.6 is 0 Å². The molecule has 0 unspecified atom stereocenters. The topological polar surface area (TPSA) is 61.4 Å². The van der Waals surface area contributed by atoms with E-state index < -0.39 is 5.97 Å². The van der Waals surface area contributed by atoms with Crippen LogP contribution in [0.2, 0.25) is 0 Å². The molecule has 1 aromatic carbocycles. The van der Waals surface area contributed by atoms with E-state index in [0.29, 0.717) is 0 Å². The van der Waals surface area contributed by atoms with Gasteiger partial charge in [-0.25, -0.2) is 4.79 Å². The summed E-state index contributed by atoms with van der Waals surface area (Å²) in [5, 5.41) is 0. The minimum absolute atomic E-state index is 0.0894. The molecule has 2 rings (SSSR count). The third kappa shape index (κ3) is 2.44. The van der Waals surface area contributed by atoms with Crippen molar-refractivity contribution in [3.8, 4) is 0 Å². The fourth-order valence-electron chi connectivity index (χ4n) is 1.43. The van der Waals surface area contributed by atoms with E-state index in [4.69, 9.17) is 4.52 Å². The van der Waals surface area contributed by atoms with E-state index in [2.05, 4.69) is 4.74 Å². The Balaban J connectivity index is 2.26. The average molecular weight is 233 g/mol. The number of esters is 1. The van der Waals surface area contributed by atoms with Crippen molar-refractivity contribution < 1.29 is 14.1 Å². The van der Waals surface area contributed by atoms with Gasteiger partial charge in [-0.05, 0) is 5.56 Å². The molecule has 17 heavy (non-hydrogen) atoms. The second-order valence-electron chi connectivity index (χ2n) is 3.45. The van der Waals surface area contributed by atoms with Gasteiger partial charge in [0.15, 0.2) is 0 Å². The lowest BCUT2D eigenvalue weighted by Gasteiger charge is -1.99. The quantitative estimate of drug-likeness (QED) is 0.749. The Morgan fingerprint density at radius 2 is 2.06 bits per heavy atom. The summed E-state index contributed by atoms with van der Waals surface area (Å²) in [5.41, 5.74) is 0.551. The summed E-state index contributed by atoms with van der Waals surface area (Å²) >= 11 is 0. The van der Waals surface area contributed by atoms with Gasteiger partial charge >= 0.3 is 5.97 Å². The van der Waals surface area contributed by atoms with E-state index in [1.165, 1.54) is 7.11 Å². The number of aromatic nitrogens is 1. The molecule has 0 saturated carbocycles. The molecular weight excluding hydrogens is 222 g/mol. The molecule has 0 spiro atoms. The van der Waals surface area contributed by atoms with Crippen molar-refractivity contribution >= 4 is 5.97 Å². The Hall–Kier alpha value is -2.30. The summed E-state index contributed by atoms with van der Waals surface area (Å²) in [7, 11) is 1.23. The number of hydrogen-bond acceptors (Lipinski definition) is 4. The number of carbonyl (C=O) groups is 1. The van der Waals surface area contributed by atoms with Crippen LogP contribution in [0.1, 0.15) is 16.1 Å². The number of benzene rings is 1. The molecule has 5 nitrogen and oxygen atoms in total. The van der Waals surface area contributed by atoms with Crippen LogP contribution in [0.15, 0.2) is 45.7 Å². The fraction of sp³-hybridized carbons (Fsp3) is 0.167. The minimum Gasteiger partial charge on any atom is -0.463 e. The van der Waals surface area contributed by atoms with Gasteiger partial charge in [0, 0.05) is 0 Å². The van der Waals surface area contributed by atoms with Gasteiger partial charge in [-0.15, -0.1) is 0 Å². The Kier molecular flexibility index (Phi) is 3.09. The molecule has 5 heteroatoms. The number of rotatable bonds is 3. The molecule has 0 amide bonds. The number of carbonyl (C=O) groups excluding carboxylic acids is 1. The SMILES string of the molecule is COC(=O)c1cc(=O)n(Cc2ccccc2)o1. The zero-order valence-electron chi connectivity index (χ0n) is 9.25. The van der Waals surface area contributed by atoms with Crippen LogP contribution in [0.3, 0.4) is 0 Å². The first kappa shape index (κ1) is 11.2. The van der Waals surface area contributed by atoms with Crippen LogP contribution in [0.5, 0.6) is 0 Å². The van der Waals surface area contributed by atoms with Crippen LogP contribution in [-0.4, -0.2) is 17.8 Å². The Bertz CT molecular complexity index is 568. The molecule has 0 aliphatic carbocycles. The van der Waals surface area contributed by atoms with Crippen molar-refractivity contribution in [3.05, 3.63) is 58.1 Å². The summed E-state index contributed by atoms with van der Waals surface area (Å²) in [6.07, 6.45) is 0. The van der Waals surface area contributed by atoms with E-state index in [0.717, 1.165) is 16.4 Å². The van der Waals surface area contributed by atoms with Crippen molar-refractivity contribution in [3.63, 3.8) is 0 Å². The van der Waals surface area contributed by atoms with Gasteiger partial charge in [-0.3, -0.25) is 4.79 Å². The molecule has 0 aliphatic heterocycles. The highest BCUT2D eigenvalue weighted by molar-refractivity contribution is 5.85. The molecule has 0 N–H and O–H groups in total. The van der Waals surface area contributed by atoms with Crippen molar-refractivity contribution in [2.24, 2.45) is 0 Å². The molecular formula is C12H11NO4. The maximum atomic E-state index is 11.5. The lowest BCUT2D eigenvalue weighted by atomic mass is 10.2. The first-order valence-electron chi connectivity index (χ1n) is 5.04. The number of nitrogens with zero attached hydrogens (tertiary/aromatic N) is 1. The molecule has 88 valence electrons. The van der Waals surface area contributed by atoms with Gasteiger partial charge in [-0.1, -0.05) is 30.3 Å². The van der Waals surface area contributed by atoms with Crippen LogP contribution in [0.25, 0.3) is 0 Å². The second kappa shape index (κ2) is 4.69. The van der Waals surface area contributed by atoms with Crippen LogP contribution in [-0.2, 0) is 11.3 Å². The third-order valence-corrected chi connectivity index (χ3v) is 2.26. The van der Waals surface area contributed by atoms with Gasteiger partial charge in [0.05, 0.1) is 19.7 Å². The van der Waals surface area contributed by atoms with E-state index in [1.54, 1.807) is 0 Å². The predicted octanol–water partition coefficient (Wildman–Crippen LogP) is 1.28. The highest BCUT2D eigenvalue weighted by atomic mass is 16.6. The van der Waals surface area contributed by atoms with Crippen molar-refractivity contribution in [2.45, 2.75) is 6.54 Å². The van der Waals surface area contributed by atoms with E-state index in [1.807, 2.05) is 30.3 Å². The van der Waals surface area contributed by atoms with Gasteiger partial charge < -0.3 is 9.26 Å². The molecule has 1 aromatic heterocycles. The van der Waals surface area contributed by atoms with E-state index in [-0.39, 0.29) is 17.9 Å². The molecule has 0 fully saturated rings. The summed E-state index contributed by atoms with van der Waals surface area (Å²) in [6, 6.07) is 10.5. The molecule has 2 aromatic rings. The first-order chi connectivity index (χ1) is 8.20. The van der Waals surface area contributed by atoms with Crippen molar-refractivity contribution in [1.82, 2.24) is 4.74 Å². The van der Waals surface area contributed by atoms with Gasteiger partial charge in [0.1, 0.15) is 0 Å². The van der Waals surface area contributed by atoms with Crippen LogP contribution in [0.4, 0.5) is 0 Å². The lowest BCUT2D eigenvalue weighted by molar-refractivity contribution is 0.0538. The van der Waals surface area contributed by atoms with E-state index in [9.17, 15) is 9.59 Å². The molecule has 0 radical (unpaired) electrons. The molecule has 1 heterocycles. The maximum absolute atomic E-state index is 11.5. The number of methoxy groups -OCH3 is 1. The largest absolute Gasteiger partial charge is 0.463 e. The Morgan fingerprint density at radius 3 is 2.71 bits per heavy atom. The normalized spacial score (nSPS) is 10.2.